The van der Waals surface area contributed by atoms with E-state index in [0.717, 1.165) is 10.0 Å². The Hall–Kier alpha value is -2.27. The molecule has 108 valence electrons. The molecule has 0 radical (unpaired) electrons. The highest BCUT2D eigenvalue weighted by atomic mass is 79.9. The van der Waals surface area contributed by atoms with Gasteiger partial charge < -0.3 is 15.8 Å². The predicted octanol–water partition coefficient (Wildman–Crippen LogP) is 3.69. The van der Waals surface area contributed by atoms with Crippen molar-refractivity contribution in [1.82, 2.24) is 0 Å². The molecule has 0 heterocycles. The number of hydrogen-bond donors (Lipinski definition) is 2. The summed E-state index contributed by atoms with van der Waals surface area (Å²) >= 11 is 3.37. The number of nitrogens with two attached hydrogens (primary N) is 1. The van der Waals surface area contributed by atoms with Gasteiger partial charge in [0.25, 0.3) is 0 Å². The maximum absolute atomic E-state index is 11.9. The number of carbonyl (C=O) groups is 1. The largest absolute Gasteiger partial charge is 0.497 e. The quantitative estimate of drug-likeness (QED) is 0.655. The van der Waals surface area contributed by atoms with E-state index in [2.05, 4.69) is 21.2 Å². The van der Waals surface area contributed by atoms with Gasteiger partial charge in [0, 0.05) is 28.0 Å². The number of ether oxygens (including phenoxy) is 1. The van der Waals surface area contributed by atoms with Gasteiger partial charge in [-0.15, -0.1) is 0 Å². The van der Waals surface area contributed by atoms with Gasteiger partial charge in [-0.1, -0.05) is 28.1 Å². The van der Waals surface area contributed by atoms with Crippen molar-refractivity contribution < 1.29 is 9.53 Å². The molecule has 2 rings (SSSR count). The van der Waals surface area contributed by atoms with Crippen molar-refractivity contribution in [3.63, 3.8) is 0 Å². The molecular weight excluding hydrogens is 332 g/mol. The molecule has 0 unspecified atom stereocenters. The number of halogens is 1. The van der Waals surface area contributed by atoms with Crippen LogP contribution in [0.15, 0.2) is 53.0 Å². The molecule has 0 saturated heterocycles. The molecule has 4 nitrogen and oxygen atoms in total. The Morgan fingerprint density at radius 3 is 2.62 bits per heavy atom. The van der Waals surface area contributed by atoms with Crippen molar-refractivity contribution >= 4 is 39.3 Å². The zero-order valence-electron chi connectivity index (χ0n) is 11.5. The normalized spacial score (nSPS) is 10.6. The minimum Gasteiger partial charge on any atom is -0.497 e. The first-order valence-electron chi connectivity index (χ1n) is 6.26. The lowest BCUT2D eigenvalue weighted by molar-refractivity contribution is -0.111. The number of hydrogen-bond acceptors (Lipinski definition) is 3. The second kappa shape index (κ2) is 6.95. The van der Waals surface area contributed by atoms with Gasteiger partial charge in [-0.05, 0) is 35.9 Å². The Balaban J connectivity index is 2.04. The third-order valence-corrected chi connectivity index (χ3v) is 3.20. The number of nitrogen functional groups attached to an aromatic ring is 1. The van der Waals surface area contributed by atoms with Crippen molar-refractivity contribution in [1.29, 1.82) is 0 Å². The Bertz CT molecular complexity index is 666. The average Bonchev–Trinajstić information content (AvgIpc) is 2.46. The zero-order chi connectivity index (χ0) is 15.2. The van der Waals surface area contributed by atoms with Gasteiger partial charge >= 0.3 is 0 Å². The Morgan fingerprint density at radius 1 is 1.24 bits per heavy atom. The van der Waals surface area contributed by atoms with E-state index in [0.29, 0.717) is 17.1 Å². The summed E-state index contributed by atoms with van der Waals surface area (Å²) in [5.74, 6) is 0.453. The zero-order valence-corrected chi connectivity index (χ0v) is 13.1. The molecule has 0 spiro atoms. The molecule has 0 bridgehead atoms. The predicted molar refractivity (Wildman–Crippen MR) is 89.2 cm³/mol. The molecule has 0 saturated carbocycles. The molecular formula is C16H15BrN2O2. The van der Waals surface area contributed by atoms with Crippen molar-refractivity contribution in [3.05, 3.63) is 58.6 Å². The van der Waals surface area contributed by atoms with Crippen LogP contribution in [-0.2, 0) is 4.79 Å². The summed E-state index contributed by atoms with van der Waals surface area (Å²) in [7, 11) is 1.58. The van der Waals surface area contributed by atoms with Crippen molar-refractivity contribution in [2.45, 2.75) is 0 Å². The van der Waals surface area contributed by atoms with Gasteiger partial charge in [-0.2, -0.15) is 0 Å². The van der Waals surface area contributed by atoms with Gasteiger partial charge in [0.2, 0.25) is 5.91 Å². The van der Waals surface area contributed by atoms with E-state index in [4.69, 9.17) is 10.5 Å². The van der Waals surface area contributed by atoms with Crippen molar-refractivity contribution in [2.75, 3.05) is 18.2 Å². The first kappa shape index (κ1) is 15.1. The lowest BCUT2D eigenvalue weighted by Gasteiger charge is -2.06. The summed E-state index contributed by atoms with van der Waals surface area (Å²) in [6.07, 6.45) is 3.20. The number of nitrogens with one attached hydrogen (secondary N) is 1. The van der Waals surface area contributed by atoms with Gasteiger partial charge in [-0.3, -0.25) is 4.79 Å². The van der Waals surface area contributed by atoms with Gasteiger partial charge in [0.1, 0.15) is 5.75 Å². The monoisotopic (exact) mass is 346 g/mol. The lowest BCUT2D eigenvalue weighted by Crippen LogP contribution is -2.07. The summed E-state index contributed by atoms with van der Waals surface area (Å²) in [6.45, 7) is 0. The van der Waals surface area contributed by atoms with Crippen LogP contribution in [-0.4, -0.2) is 13.0 Å². The third kappa shape index (κ3) is 4.65. The van der Waals surface area contributed by atoms with Crippen LogP contribution in [0.2, 0.25) is 0 Å². The maximum atomic E-state index is 11.9. The summed E-state index contributed by atoms with van der Waals surface area (Å²) in [4.78, 5) is 11.9. The van der Waals surface area contributed by atoms with Crippen LogP contribution in [0.25, 0.3) is 6.08 Å². The molecule has 0 aliphatic heterocycles. The fourth-order valence-electron chi connectivity index (χ4n) is 1.72. The molecule has 0 aromatic heterocycles. The van der Waals surface area contributed by atoms with Gasteiger partial charge in [-0.25, -0.2) is 0 Å². The van der Waals surface area contributed by atoms with Crippen LogP contribution < -0.4 is 15.8 Å². The second-order valence-electron chi connectivity index (χ2n) is 4.37. The first-order chi connectivity index (χ1) is 10.1. The van der Waals surface area contributed by atoms with Crippen molar-refractivity contribution in [3.8, 4) is 5.75 Å². The average molecular weight is 347 g/mol. The molecule has 21 heavy (non-hydrogen) atoms. The van der Waals surface area contributed by atoms with Crippen LogP contribution >= 0.6 is 15.9 Å². The van der Waals surface area contributed by atoms with E-state index in [1.54, 1.807) is 37.5 Å². The number of rotatable bonds is 4. The molecule has 2 aromatic rings. The van der Waals surface area contributed by atoms with Crippen LogP contribution in [0.4, 0.5) is 11.4 Å². The number of carbonyl (C=O) groups excluding carboxylic acids is 1. The Morgan fingerprint density at radius 2 is 1.95 bits per heavy atom. The highest BCUT2D eigenvalue weighted by Gasteiger charge is 2.02. The van der Waals surface area contributed by atoms with Crippen LogP contribution in [0, 0.1) is 0 Å². The molecule has 3 N–H and O–H groups in total. The maximum Gasteiger partial charge on any atom is 0.248 e. The van der Waals surface area contributed by atoms with E-state index in [1.165, 1.54) is 6.08 Å². The molecule has 0 aliphatic rings. The Kier molecular flexibility index (Phi) is 5.00. The minimum absolute atomic E-state index is 0.216. The summed E-state index contributed by atoms with van der Waals surface area (Å²) in [6, 6.07) is 12.6. The number of benzene rings is 2. The number of anilines is 2. The van der Waals surface area contributed by atoms with E-state index >= 15 is 0 Å². The van der Waals surface area contributed by atoms with Gasteiger partial charge in [0.15, 0.2) is 0 Å². The van der Waals surface area contributed by atoms with Gasteiger partial charge in [0.05, 0.1) is 7.11 Å². The van der Waals surface area contributed by atoms with Crippen LogP contribution in [0.1, 0.15) is 5.56 Å². The molecule has 1 amide bonds. The smallest absolute Gasteiger partial charge is 0.248 e. The molecule has 0 atom stereocenters. The van der Waals surface area contributed by atoms with Crippen LogP contribution in [0.3, 0.4) is 0 Å². The van der Waals surface area contributed by atoms with E-state index < -0.39 is 0 Å². The van der Waals surface area contributed by atoms with Crippen molar-refractivity contribution in [2.24, 2.45) is 0 Å². The second-order valence-corrected chi connectivity index (χ2v) is 5.28. The third-order valence-electron chi connectivity index (χ3n) is 2.74. The van der Waals surface area contributed by atoms with Crippen LogP contribution in [0.5, 0.6) is 5.75 Å². The minimum atomic E-state index is -0.216. The highest BCUT2D eigenvalue weighted by Crippen LogP contribution is 2.24. The van der Waals surface area contributed by atoms with E-state index in [1.807, 2.05) is 18.2 Å². The topological polar surface area (TPSA) is 64.3 Å². The van der Waals surface area contributed by atoms with E-state index in [-0.39, 0.29) is 5.91 Å². The number of methoxy groups -OCH3 is 1. The lowest BCUT2D eigenvalue weighted by atomic mass is 10.2. The molecule has 2 aromatic carbocycles. The standard InChI is InChI=1S/C16H15BrN2O2/c1-21-15-9-12(17)8-14(10-15)19-16(20)7-4-11-2-5-13(18)6-3-11/h2-10H,18H2,1H3,(H,19,20)/b7-4+. The molecule has 0 fully saturated rings. The molecule has 5 heteroatoms. The summed E-state index contributed by atoms with van der Waals surface area (Å²) in [5.41, 5.74) is 7.87. The Labute approximate surface area is 131 Å². The molecule has 0 aliphatic carbocycles. The summed E-state index contributed by atoms with van der Waals surface area (Å²) in [5, 5.41) is 2.78. The number of amides is 1. The highest BCUT2D eigenvalue weighted by molar-refractivity contribution is 9.10. The summed E-state index contributed by atoms with van der Waals surface area (Å²) < 4.78 is 5.98. The fourth-order valence-corrected chi connectivity index (χ4v) is 2.19. The first-order valence-corrected chi connectivity index (χ1v) is 7.05. The SMILES string of the molecule is COc1cc(Br)cc(NC(=O)/C=C/c2ccc(N)cc2)c1. The fraction of sp³-hybridized carbons (Fsp3) is 0.0625. The van der Waals surface area contributed by atoms with E-state index in [9.17, 15) is 4.79 Å².